The summed E-state index contributed by atoms with van der Waals surface area (Å²) < 4.78 is 5.51. The van der Waals surface area contributed by atoms with Crippen LogP contribution in [0.2, 0.25) is 0 Å². The molecule has 0 aliphatic carbocycles. The van der Waals surface area contributed by atoms with E-state index < -0.39 is 5.60 Å². The Labute approximate surface area is 145 Å². The molecule has 0 saturated carbocycles. The fourth-order valence-electron chi connectivity index (χ4n) is 3.79. The monoisotopic (exact) mass is 330 g/mol. The lowest BCUT2D eigenvalue weighted by Gasteiger charge is -2.40. The quantitative estimate of drug-likeness (QED) is 0.772. The first kappa shape index (κ1) is 17.1. The lowest BCUT2D eigenvalue weighted by atomic mass is 10.0. The maximum Gasteiger partial charge on any atom is 0.410 e. The van der Waals surface area contributed by atoms with E-state index in [4.69, 9.17) is 4.74 Å². The van der Waals surface area contributed by atoms with E-state index in [1.165, 1.54) is 30.5 Å². The van der Waals surface area contributed by atoms with E-state index in [1.807, 2.05) is 25.7 Å². The number of carbonyl (C=O) groups excluding carboxylic acids is 1. The van der Waals surface area contributed by atoms with Crippen LogP contribution in [0.15, 0.2) is 24.3 Å². The van der Waals surface area contributed by atoms with Crippen molar-refractivity contribution in [2.75, 3.05) is 24.5 Å². The van der Waals surface area contributed by atoms with Gasteiger partial charge in [0, 0.05) is 31.4 Å². The van der Waals surface area contributed by atoms with Crippen LogP contribution in [0.1, 0.15) is 52.0 Å². The van der Waals surface area contributed by atoms with Crippen molar-refractivity contribution in [2.45, 2.75) is 64.5 Å². The Morgan fingerprint density at radius 2 is 1.79 bits per heavy atom. The van der Waals surface area contributed by atoms with E-state index in [0.717, 1.165) is 32.5 Å². The second-order valence-corrected chi connectivity index (χ2v) is 7.98. The van der Waals surface area contributed by atoms with Crippen molar-refractivity contribution in [3.05, 3.63) is 29.8 Å². The van der Waals surface area contributed by atoms with Crippen LogP contribution >= 0.6 is 0 Å². The van der Waals surface area contributed by atoms with E-state index in [0.29, 0.717) is 6.04 Å². The first-order valence-corrected chi connectivity index (χ1v) is 9.26. The summed E-state index contributed by atoms with van der Waals surface area (Å²) in [4.78, 5) is 16.7. The number of rotatable bonds is 1. The Morgan fingerprint density at radius 1 is 1.08 bits per heavy atom. The van der Waals surface area contributed by atoms with Crippen molar-refractivity contribution in [3.63, 3.8) is 0 Å². The second kappa shape index (κ2) is 7.04. The average molecular weight is 330 g/mol. The highest BCUT2D eigenvalue weighted by molar-refractivity contribution is 5.68. The van der Waals surface area contributed by atoms with Crippen LogP contribution in [0.3, 0.4) is 0 Å². The molecule has 2 aliphatic rings. The van der Waals surface area contributed by atoms with Crippen LogP contribution < -0.4 is 4.90 Å². The Morgan fingerprint density at radius 3 is 2.50 bits per heavy atom. The van der Waals surface area contributed by atoms with Crippen molar-refractivity contribution in [3.8, 4) is 0 Å². The van der Waals surface area contributed by atoms with Crippen molar-refractivity contribution in [2.24, 2.45) is 0 Å². The SMILES string of the molecule is CC(C)(C)OC(=O)N1CCC(N2CCCCc3ccccc32)CC1. The third-order valence-corrected chi connectivity index (χ3v) is 4.95. The molecule has 1 saturated heterocycles. The van der Waals surface area contributed by atoms with Crippen LogP contribution in [0.4, 0.5) is 10.5 Å². The summed E-state index contributed by atoms with van der Waals surface area (Å²) in [6.07, 6.45) is 5.58. The Balaban J connectivity index is 1.64. The number of aryl methyl sites for hydroxylation is 1. The lowest BCUT2D eigenvalue weighted by Crippen LogP contribution is -2.48. The number of fused-ring (bicyclic) bond motifs is 1. The first-order valence-electron chi connectivity index (χ1n) is 9.26. The number of carbonyl (C=O) groups is 1. The molecule has 1 amide bonds. The zero-order chi connectivity index (χ0) is 17.2. The summed E-state index contributed by atoms with van der Waals surface area (Å²) >= 11 is 0. The number of anilines is 1. The van der Waals surface area contributed by atoms with Gasteiger partial charge in [0.25, 0.3) is 0 Å². The number of para-hydroxylation sites is 1. The van der Waals surface area contributed by atoms with Gasteiger partial charge in [0.15, 0.2) is 0 Å². The molecule has 0 aromatic heterocycles. The van der Waals surface area contributed by atoms with E-state index in [9.17, 15) is 4.79 Å². The van der Waals surface area contributed by atoms with Crippen LogP contribution in [-0.4, -0.2) is 42.3 Å². The Hall–Kier alpha value is -1.71. The van der Waals surface area contributed by atoms with Gasteiger partial charge in [-0.2, -0.15) is 0 Å². The molecule has 0 bridgehead atoms. The normalized spacial score (nSPS) is 19.6. The molecule has 4 heteroatoms. The molecule has 1 aromatic carbocycles. The number of hydrogen-bond acceptors (Lipinski definition) is 3. The molecule has 0 unspecified atom stereocenters. The van der Waals surface area contributed by atoms with E-state index in [2.05, 4.69) is 29.2 Å². The topological polar surface area (TPSA) is 32.8 Å². The number of ether oxygens (including phenoxy) is 1. The summed E-state index contributed by atoms with van der Waals surface area (Å²) in [5.41, 5.74) is 2.47. The zero-order valence-electron chi connectivity index (χ0n) is 15.3. The van der Waals surface area contributed by atoms with Gasteiger partial charge in [0.05, 0.1) is 0 Å². The summed E-state index contributed by atoms with van der Waals surface area (Å²) in [7, 11) is 0. The van der Waals surface area contributed by atoms with Crippen LogP contribution in [0, 0.1) is 0 Å². The van der Waals surface area contributed by atoms with Gasteiger partial charge in [-0.05, 0) is 64.5 Å². The summed E-state index contributed by atoms with van der Waals surface area (Å²) in [5, 5.41) is 0. The number of piperidine rings is 1. The Kier molecular flexibility index (Phi) is 5.02. The van der Waals surface area contributed by atoms with Gasteiger partial charge in [-0.25, -0.2) is 4.79 Å². The fraction of sp³-hybridized carbons (Fsp3) is 0.650. The van der Waals surface area contributed by atoms with Crippen molar-refractivity contribution >= 4 is 11.8 Å². The molecule has 132 valence electrons. The summed E-state index contributed by atoms with van der Waals surface area (Å²) in [5.74, 6) is 0. The number of hydrogen-bond donors (Lipinski definition) is 0. The number of nitrogens with zero attached hydrogens (tertiary/aromatic N) is 2. The molecule has 2 aliphatic heterocycles. The highest BCUT2D eigenvalue weighted by Crippen LogP contribution is 2.31. The van der Waals surface area contributed by atoms with Gasteiger partial charge in [-0.1, -0.05) is 18.2 Å². The minimum absolute atomic E-state index is 0.169. The van der Waals surface area contributed by atoms with Gasteiger partial charge in [-0.15, -0.1) is 0 Å². The van der Waals surface area contributed by atoms with Gasteiger partial charge >= 0.3 is 6.09 Å². The standard InChI is InChI=1S/C20H30N2O2/c1-20(2,3)24-19(23)21-14-11-17(12-15-21)22-13-7-6-9-16-8-4-5-10-18(16)22/h4-5,8,10,17H,6-7,9,11-15H2,1-3H3. The highest BCUT2D eigenvalue weighted by Gasteiger charge is 2.30. The fourth-order valence-corrected chi connectivity index (χ4v) is 3.79. The van der Waals surface area contributed by atoms with Gasteiger partial charge in [0.1, 0.15) is 5.60 Å². The number of benzene rings is 1. The largest absolute Gasteiger partial charge is 0.444 e. The third kappa shape index (κ3) is 4.03. The number of likely N-dealkylation sites (tertiary alicyclic amines) is 1. The molecule has 1 aromatic rings. The van der Waals surface area contributed by atoms with Gasteiger partial charge < -0.3 is 14.5 Å². The zero-order valence-corrected chi connectivity index (χ0v) is 15.3. The van der Waals surface area contributed by atoms with Crippen LogP contribution in [0.25, 0.3) is 0 Å². The third-order valence-electron chi connectivity index (χ3n) is 4.95. The first-order chi connectivity index (χ1) is 11.4. The maximum atomic E-state index is 12.2. The van der Waals surface area contributed by atoms with Gasteiger partial charge in [0.2, 0.25) is 0 Å². The molecule has 2 heterocycles. The maximum absolute atomic E-state index is 12.2. The van der Waals surface area contributed by atoms with Crippen molar-refractivity contribution in [1.29, 1.82) is 0 Å². The lowest BCUT2D eigenvalue weighted by molar-refractivity contribution is 0.0204. The molecular weight excluding hydrogens is 300 g/mol. The molecule has 24 heavy (non-hydrogen) atoms. The minimum atomic E-state index is -0.419. The molecule has 4 nitrogen and oxygen atoms in total. The predicted molar refractivity (Wildman–Crippen MR) is 97.6 cm³/mol. The molecule has 0 N–H and O–H groups in total. The van der Waals surface area contributed by atoms with E-state index >= 15 is 0 Å². The molecule has 0 radical (unpaired) electrons. The molecule has 3 rings (SSSR count). The molecule has 0 atom stereocenters. The van der Waals surface area contributed by atoms with Crippen LogP contribution in [0.5, 0.6) is 0 Å². The minimum Gasteiger partial charge on any atom is -0.444 e. The Bertz CT molecular complexity index is 571. The average Bonchev–Trinajstić information content (AvgIpc) is 2.76. The van der Waals surface area contributed by atoms with E-state index in [-0.39, 0.29) is 6.09 Å². The summed E-state index contributed by atoms with van der Waals surface area (Å²) in [6.45, 7) is 8.48. The smallest absolute Gasteiger partial charge is 0.410 e. The second-order valence-electron chi connectivity index (χ2n) is 7.98. The molecular formula is C20H30N2O2. The summed E-state index contributed by atoms with van der Waals surface area (Å²) in [6, 6.07) is 9.35. The van der Waals surface area contributed by atoms with Crippen LogP contribution in [-0.2, 0) is 11.2 Å². The van der Waals surface area contributed by atoms with Crippen molar-refractivity contribution in [1.82, 2.24) is 4.90 Å². The van der Waals surface area contributed by atoms with E-state index in [1.54, 1.807) is 0 Å². The van der Waals surface area contributed by atoms with Gasteiger partial charge in [-0.3, -0.25) is 0 Å². The number of amides is 1. The van der Waals surface area contributed by atoms with Crippen molar-refractivity contribution < 1.29 is 9.53 Å². The molecule has 0 spiro atoms. The highest BCUT2D eigenvalue weighted by atomic mass is 16.6. The predicted octanol–water partition coefficient (Wildman–Crippen LogP) is 4.23. The molecule has 1 fully saturated rings.